The molecule has 1 fully saturated rings. The number of carbonyl (C=O) groups excluding carboxylic acids is 3. The van der Waals surface area contributed by atoms with Crippen LogP contribution in [0.4, 0.5) is 4.39 Å². The summed E-state index contributed by atoms with van der Waals surface area (Å²) < 4.78 is 21.4. The second-order valence-electron chi connectivity index (χ2n) is 8.27. The van der Waals surface area contributed by atoms with Gasteiger partial charge in [0.1, 0.15) is 18.4 Å². The van der Waals surface area contributed by atoms with Gasteiger partial charge in [-0.1, -0.05) is 41.9 Å². The molecule has 0 spiro atoms. The van der Waals surface area contributed by atoms with Crippen molar-refractivity contribution in [1.82, 2.24) is 14.8 Å². The predicted molar refractivity (Wildman–Crippen MR) is 126 cm³/mol. The molecular weight excluding hydrogens is 461 g/mol. The van der Waals surface area contributed by atoms with Crippen molar-refractivity contribution in [2.45, 2.75) is 38.6 Å². The molecule has 9 heteroatoms. The second kappa shape index (κ2) is 9.95. The van der Waals surface area contributed by atoms with Gasteiger partial charge in [-0.2, -0.15) is 0 Å². The Balaban J connectivity index is 1.53. The first kappa shape index (κ1) is 23.9. The van der Waals surface area contributed by atoms with Gasteiger partial charge in [0.2, 0.25) is 11.8 Å². The first-order valence-corrected chi connectivity index (χ1v) is 11.3. The lowest BCUT2D eigenvalue weighted by atomic mass is 10.1. The average Bonchev–Trinajstić information content (AvgIpc) is 3.42. The number of rotatable bonds is 7. The molecule has 0 radical (unpaired) electrons. The Hall–Kier alpha value is -3.23. The molecule has 0 unspecified atom stereocenters. The van der Waals surface area contributed by atoms with Crippen LogP contribution in [-0.4, -0.2) is 52.9 Å². The van der Waals surface area contributed by atoms with E-state index in [9.17, 15) is 18.8 Å². The fourth-order valence-electron chi connectivity index (χ4n) is 4.47. The molecule has 178 valence electrons. The second-order valence-corrected chi connectivity index (χ2v) is 8.68. The van der Waals surface area contributed by atoms with Crippen LogP contribution in [0.15, 0.2) is 48.7 Å². The molecule has 1 aliphatic rings. The van der Waals surface area contributed by atoms with E-state index in [1.165, 1.54) is 31.1 Å². The summed E-state index contributed by atoms with van der Waals surface area (Å²) in [5.74, 6) is -1.38. The van der Waals surface area contributed by atoms with Gasteiger partial charge >= 0.3 is 0 Å². The van der Waals surface area contributed by atoms with Crippen molar-refractivity contribution in [2.75, 3.05) is 13.7 Å². The van der Waals surface area contributed by atoms with Crippen LogP contribution in [0.1, 0.15) is 29.3 Å². The third-order valence-electron chi connectivity index (χ3n) is 6.19. The maximum atomic E-state index is 14.2. The predicted octanol–water partition coefficient (Wildman–Crippen LogP) is 3.57. The summed E-state index contributed by atoms with van der Waals surface area (Å²) in [5, 5.41) is 3.46. The van der Waals surface area contributed by atoms with Crippen LogP contribution in [0.3, 0.4) is 0 Å². The molecule has 0 aliphatic carbocycles. The first-order valence-electron chi connectivity index (χ1n) is 10.9. The normalized spacial score (nSPS) is 17.8. The van der Waals surface area contributed by atoms with Gasteiger partial charge in [0.25, 0.3) is 0 Å². The molecule has 0 saturated carbocycles. The van der Waals surface area contributed by atoms with E-state index in [1.54, 1.807) is 16.8 Å². The van der Waals surface area contributed by atoms with E-state index in [2.05, 4.69) is 5.32 Å². The van der Waals surface area contributed by atoms with Crippen molar-refractivity contribution >= 4 is 40.1 Å². The number of benzene rings is 2. The number of likely N-dealkylation sites (tertiary alicyclic amines) is 1. The molecule has 3 aromatic rings. The summed E-state index contributed by atoms with van der Waals surface area (Å²) in [6.07, 6.45) is 1.69. The Morgan fingerprint density at radius 3 is 2.68 bits per heavy atom. The number of nitrogens with one attached hydrogen (secondary N) is 1. The molecule has 7 nitrogen and oxygen atoms in total. The van der Waals surface area contributed by atoms with Crippen LogP contribution in [0.2, 0.25) is 5.02 Å². The molecule has 0 bridgehead atoms. The number of para-hydroxylation sites is 1. The Kier molecular flexibility index (Phi) is 7.00. The highest BCUT2D eigenvalue weighted by atomic mass is 35.5. The lowest BCUT2D eigenvalue weighted by Crippen LogP contribution is -2.51. The van der Waals surface area contributed by atoms with Crippen LogP contribution in [0, 0.1) is 5.82 Å². The van der Waals surface area contributed by atoms with Crippen molar-refractivity contribution in [1.29, 1.82) is 0 Å². The Bertz CT molecular complexity index is 1260. The number of ether oxygens (including phenoxy) is 1. The number of carbonyl (C=O) groups is 3. The van der Waals surface area contributed by atoms with Gasteiger partial charge in [-0.15, -0.1) is 0 Å². The zero-order valence-corrected chi connectivity index (χ0v) is 19.6. The highest BCUT2D eigenvalue weighted by Crippen LogP contribution is 2.25. The van der Waals surface area contributed by atoms with E-state index >= 15 is 0 Å². The van der Waals surface area contributed by atoms with Crippen LogP contribution < -0.4 is 5.32 Å². The third kappa shape index (κ3) is 4.56. The number of aromatic nitrogens is 1. The van der Waals surface area contributed by atoms with E-state index < -0.39 is 23.9 Å². The number of nitrogens with zero attached hydrogens (tertiary/aromatic N) is 2. The van der Waals surface area contributed by atoms with Crippen molar-refractivity contribution in [3.63, 3.8) is 0 Å². The van der Waals surface area contributed by atoms with Crippen LogP contribution >= 0.6 is 11.6 Å². The number of amides is 2. The molecule has 2 heterocycles. The zero-order valence-electron chi connectivity index (χ0n) is 18.9. The summed E-state index contributed by atoms with van der Waals surface area (Å²) in [4.78, 5) is 39.9. The smallest absolute Gasteiger partial charge is 0.245 e. The maximum Gasteiger partial charge on any atom is 0.245 e. The lowest BCUT2D eigenvalue weighted by molar-refractivity contribution is -0.141. The molecular formula is C25H25ClFN3O4. The van der Waals surface area contributed by atoms with Crippen molar-refractivity contribution in [3.05, 3.63) is 70.6 Å². The van der Waals surface area contributed by atoms with Gasteiger partial charge in [0.15, 0.2) is 5.78 Å². The van der Waals surface area contributed by atoms with Crippen molar-refractivity contribution < 1.29 is 23.5 Å². The average molecular weight is 486 g/mol. The number of hydrogen-bond donors (Lipinski definition) is 1. The molecule has 1 aromatic heterocycles. The number of fused-ring (bicyclic) bond motifs is 1. The van der Waals surface area contributed by atoms with E-state index in [0.717, 1.165) is 10.9 Å². The Morgan fingerprint density at radius 1 is 1.18 bits per heavy atom. The van der Waals surface area contributed by atoms with E-state index in [1.807, 2.05) is 24.3 Å². The molecule has 1 N–H and O–H groups in total. The van der Waals surface area contributed by atoms with Crippen LogP contribution in [0.5, 0.6) is 0 Å². The molecule has 34 heavy (non-hydrogen) atoms. The summed E-state index contributed by atoms with van der Waals surface area (Å²) in [5.41, 5.74) is 1.56. The minimum absolute atomic E-state index is 0.0249. The highest BCUT2D eigenvalue weighted by Gasteiger charge is 2.42. The van der Waals surface area contributed by atoms with Gasteiger partial charge in [0.05, 0.1) is 11.1 Å². The Labute approximate surface area is 201 Å². The number of hydrogen-bond acceptors (Lipinski definition) is 4. The van der Waals surface area contributed by atoms with E-state index in [-0.39, 0.29) is 35.4 Å². The monoisotopic (exact) mass is 485 g/mol. The standard InChI is InChI=1S/C25H25ClFN3O4/c1-15(31)18-13-29(20-9-4-3-7-17(18)20)14-22(32)30-11-10-21(34-2)24(30)25(33)28-12-16-6-5-8-19(26)23(16)27/h3-9,13,21,24H,10-12,14H2,1-2H3,(H,28,33)/t21-,24+/m1/s1. The first-order chi connectivity index (χ1) is 16.3. The molecule has 2 atom stereocenters. The van der Waals surface area contributed by atoms with Crippen molar-refractivity contribution in [2.24, 2.45) is 0 Å². The molecule has 1 aliphatic heterocycles. The minimum Gasteiger partial charge on any atom is -0.379 e. The molecule has 2 amide bonds. The van der Waals surface area contributed by atoms with Gasteiger partial charge in [0, 0.05) is 48.4 Å². The summed E-state index contributed by atoms with van der Waals surface area (Å²) in [6.45, 7) is 1.74. The largest absolute Gasteiger partial charge is 0.379 e. The molecule has 4 rings (SSSR count). The quantitative estimate of drug-likeness (QED) is 0.519. The van der Waals surface area contributed by atoms with Crippen LogP contribution in [-0.2, 0) is 27.4 Å². The fraction of sp³-hybridized carbons (Fsp3) is 0.320. The van der Waals surface area contributed by atoms with Gasteiger partial charge in [-0.05, 0) is 25.5 Å². The number of halogens is 2. The van der Waals surface area contributed by atoms with Crippen LogP contribution in [0.25, 0.3) is 10.9 Å². The Morgan fingerprint density at radius 2 is 1.94 bits per heavy atom. The van der Waals surface area contributed by atoms with E-state index in [0.29, 0.717) is 18.5 Å². The van der Waals surface area contributed by atoms with E-state index in [4.69, 9.17) is 16.3 Å². The summed E-state index contributed by atoms with van der Waals surface area (Å²) in [6, 6.07) is 11.1. The van der Waals surface area contributed by atoms with Gasteiger partial charge in [-0.25, -0.2) is 4.39 Å². The number of methoxy groups -OCH3 is 1. The SMILES string of the molecule is CO[C@@H]1CCN(C(=O)Cn2cc(C(C)=O)c3ccccc32)[C@@H]1C(=O)NCc1cccc(Cl)c1F. The number of ketones is 1. The van der Waals surface area contributed by atoms with Gasteiger partial charge in [-0.3, -0.25) is 14.4 Å². The minimum atomic E-state index is -0.853. The zero-order chi connectivity index (χ0) is 24.4. The fourth-order valence-corrected chi connectivity index (χ4v) is 4.66. The highest BCUT2D eigenvalue weighted by molar-refractivity contribution is 6.30. The number of Topliss-reactive ketones (excluding diaryl/α,β-unsaturated/α-hetero) is 1. The summed E-state index contributed by atoms with van der Waals surface area (Å²) >= 11 is 5.82. The molecule has 2 aromatic carbocycles. The topological polar surface area (TPSA) is 80.6 Å². The maximum absolute atomic E-state index is 14.2. The summed E-state index contributed by atoms with van der Waals surface area (Å²) in [7, 11) is 1.49. The third-order valence-corrected chi connectivity index (χ3v) is 6.48. The van der Waals surface area contributed by atoms with Gasteiger partial charge < -0.3 is 19.5 Å². The molecule has 1 saturated heterocycles. The van der Waals surface area contributed by atoms with Crippen molar-refractivity contribution in [3.8, 4) is 0 Å². The lowest BCUT2D eigenvalue weighted by Gasteiger charge is -2.27.